The molecule has 0 saturated heterocycles. The third-order valence-electron chi connectivity index (χ3n) is 6.30. The summed E-state index contributed by atoms with van der Waals surface area (Å²) in [6.07, 6.45) is 1.76. The molecule has 0 spiro atoms. The molecule has 1 aromatic heterocycles. The Hall–Kier alpha value is -4.46. The Morgan fingerprint density at radius 3 is 2.38 bits per heavy atom. The van der Waals surface area contributed by atoms with Crippen LogP contribution in [0.3, 0.4) is 0 Å². The number of rotatable bonds is 12. The highest BCUT2D eigenvalue weighted by molar-refractivity contribution is 7.89. The molecular formula is C30H30N2O7S. The van der Waals surface area contributed by atoms with Gasteiger partial charge in [-0.1, -0.05) is 18.1 Å². The molecule has 4 aromatic rings. The highest BCUT2D eigenvalue weighted by Gasteiger charge is 2.27. The van der Waals surface area contributed by atoms with Gasteiger partial charge in [-0.25, -0.2) is 8.42 Å². The summed E-state index contributed by atoms with van der Waals surface area (Å²) >= 11 is 0. The van der Waals surface area contributed by atoms with E-state index in [2.05, 4.69) is 16.6 Å². The van der Waals surface area contributed by atoms with Crippen LogP contribution in [0, 0.1) is 11.8 Å². The fourth-order valence-electron chi connectivity index (χ4n) is 4.30. The van der Waals surface area contributed by atoms with E-state index in [4.69, 9.17) is 14.2 Å². The SMILES string of the molecule is CC#CCOc1ccc(S(=O)(=O)N[C@@H](Cc2cn(Cc3cccc(OC)c3)c3ccc(OC)cc23)C(=O)O)cc1. The predicted molar refractivity (Wildman–Crippen MR) is 151 cm³/mol. The van der Waals surface area contributed by atoms with Crippen molar-refractivity contribution in [1.29, 1.82) is 0 Å². The zero-order valence-corrected chi connectivity index (χ0v) is 23.2. The number of fused-ring (bicyclic) bond motifs is 1. The molecule has 40 heavy (non-hydrogen) atoms. The Morgan fingerprint density at radius 2 is 1.70 bits per heavy atom. The zero-order valence-electron chi connectivity index (χ0n) is 22.4. The van der Waals surface area contributed by atoms with Crippen molar-refractivity contribution in [3.8, 4) is 29.1 Å². The van der Waals surface area contributed by atoms with Crippen LogP contribution >= 0.6 is 0 Å². The zero-order chi connectivity index (χ0) is 28.7. The Kier molecular flexibility index (Phi) is 8.99. The summed E-state index contributed by atoms with van der Waals surface area (Å²) in [5.74, 6) is 5.96. The van der Waals surface area contributed by atoms with Crippen LogP contribution in [0.5, 0.6) is 17.2 Å². The minimum absolute atomic E-state index is 0.0743. The van der Waals surface area contributed by atoms with E-state index in [1.54, 1.807) is 21.1 Å². The van der Waals surface area contributed by atoms with Crippen LogP contribution in [0.4, 0.5) is 0 Å². The van der Waals surface area contributed by atoms with Crippen LogP contribution in [0.2, 0.25) is 0 Å². The first kappa shape index (κ1) is 28.5. The topological polar surface area (TPSA) is 116 Å². The van der Waals surface area contributed by atoms with E-state index in [9.17, 15) is 18.3 Å². The number of hydrogen-bond acceptors (Lipinski definition) is 6. The van der Waals surface area contributed by atoms with Gasteiger partial charge in [0.05, 0.1) is 19.1 Å². The Morgan fingerprint density at radius 1 is 1.00 bits per heavy atom. The van der Waals surface area contributed by atoms with Gasteiger partial charge in [-0.2, -0.15) is 4.72 Å². The number of carboxylic acids is 1. The van der Waals surface area contributed by atoms with Crippen molar-refractivity contribution in [2.75, 3.05) is 20.8 Å². The second-order valence-electron chi connectivity index (χ2n) is 8.92. The molecule has 0 amide bonds. The van der Waals surface area contributed by atoms with E-state index in [1.807, 2.05) is 53.2 Å². The molecule has 4 rings (SSSR count). The maximum atomic E-state index is 13.1. The largest absolute Gasteiger partial charge is 0.497 e. The fraction of sp³-hybridized carbons (Fsp3) is 0.233. The number of methoxy groups -OCH3 is 2. The van der Waals surface area contributed by atoms with Gasteiger partial charge in [0.2, 0.25) is 10.0 Å². The lowest BCUT2D eigenvalue weighted by molar-refractivity contribution is -0.138. The summed E-state index contributed by atoms with van der Waals surface area (Å²) in [5, 5.41) is 10.7. The van der Waals surface area contributed by atoms with Gasteiger partial charge >= 0.3 is 5.97 Å². The lowest BCUT2D eigenvalue weighted by atomic mass is 10.1. The molecule has 0 unspecified atom stereocenters. The van der Waals surface area contributed by atoms with Crippen molar-refractivity contribution in [3.63, 3.8) is 0 Å². The van der Waals surface area contributed by atoms with Gasteiger partial charge in [0.15, 0.2) is 0 Å². The molecule has 1 heterocycles. The molecule has 0 aliphatic carbocycles. The van der Waals surface area contributed by atoms with Gasteiger partial charge in [0, 0.05) is 30.1 Å². The molecule has 0 saturated carbocycles. The average Bonchev–Trinajstić information content (AvgIpc) is 3.28. The molecule has 10 heteroatoms. The third kappa shape index (κ3) is 6.75. The van der Waals surface area contributed by atoms with Gasteiger partial charge in [-0.15, -0.1) is 5.92 Å². The lowest BCUT2D eigenvalue weighted by Gasteiger charge is -2.15. The summed E-state index contributed by atoms with van der Waals surface area (Å²) in [6.45, 7) is 2.37. The maximum absolute atomic E-state index is 13.1. The number of benzene rings is 3. The van der Waals surface area contributed by atoms with Crippen LogP contribution in [-0.2, 0) is 27.8 Å². The van der Waals surface area contributed by atoms with E-state index < -0.39 is 22.0 Å². The maximum Gasteiger partial charge on any atom is 0.322 e. The number of aromatic nitrogens is 1. The van der Waals surface area contributed by atoms with Gasteiger partial charge in [-0.05, 0) is 72.6 Å². The number of aliphatic carboxylic acids is 1. The van der Waals surface area contributed by atoms with Crippen molar-refractivity contribution in [3.05, 3.63) is 84.1 Å². The normalized spacial score (nSPS) is 11.9. The molecule has 0 aliphatic rings. The lowest BCUT2D eigenvalue weighted by Crippen LogP contribution is -2.42. The van der Waals surface area contributed by atoms with E-state index >= 15 is 0 Å². The number of hydrogen-bond donors (Lipinski definition) is 2. The molecule has 0 radical (unpaired) electrons. The van der Waals surface area contributed by atoms with E-state index in [-0.39, 0.29) is 17.9 Å². The summed E-state index contributed by atoms with van der Waals surface area (Å²) < 4.78 is 46.7. The number of carboxylic acid groups (broad SMARTS) is 1. The van der Waals surface area contributed by atoms with Gasteiger partial charge in [-0.3, -0.25) is 4.79 Å². The summed E-state index contributed by atoms with van der Waals surface area (Å²) in [4.78, 5) is 12.2. The molecule has 208 valence electrons. The Bertz CT molecular complexity index is 1670. The van der Waals surface area contributed by atoms with Crippen molar-refractivity contribution in [1.82, 2.24) is 9.29 Å². The standard InChI is InChI=1S/C30H30N2O7S/c1-4-5-15-39-23-9-12-26(13-10-23)40(35,36)31-28(30(33)34)17-22-20-32(19-21-7-6-8-24(16-21)37-2)29-14-11-25(38-3)18-27(22)29/h6-14,16,18,20,28,31H,15,17,19H2,1-3H3,(H,33,34)/t28-/m0/s1. The number of nitrogens with one attached hydrogen (secondary N) is 1. The summed E-state index contributed by atoms with van der Waals surface area (Å²) in [5.41, 5.74) is 2.50. The highest BCUT2D eigenvalue weighted by atomic mass is 32.2. The molecule has 0 aliphatic heterocycles. The van der Waals surface area contributed by atoms with E-state index in [0.29, 0.717) is 23.6 Å². The van der Waals surface area contributed by atoms with E-state index in [1.165, 1.54) is 24.3 Å². The molecule has 0 bridgehead atoms. The number of ether oxygens (including phenoxy) is 3. The van der Waals surface area contributed by atoms with E-state index in [0.717, 1.165) is 22.2 Å². The third-order valence-corrected chi connectivity index (χ3v) is 7.79. The second-order valence-corrected chi connectivity index (χ2v) is 10.6. The summed E-state index contributed by atoms with van der Waals surface area (Å²) in [7, 11) is -0.987. The molecule has 3 aromatic carbocycles. The molecule has 1 atom stereocenters. The minimum Gasteiger partial charge on any atom is -0.497 e. The first-order chi connectivity index (χ1) is 19.2. The van der Waals surface area contributed by atoms with Crippen LogP contribution in [0.25, 0.3) is 10.9 Å². The van der Waals surface area contributed by atoms with Crippen molar-refractivity contribution in [2.24, 2.45) is 0 Å². The average molecular weight is 563 g/mol. The van der Waals surface area contributed by atoms with Crippen molar-refractivity contribution in [2.45, 2.75) is 30.8 Å². The Balaban J connectivity index is 1.62. The van der Waals surface area contributed by atoms with Gasteiger partial charge in [0.1, 0.15) is 29.9 Å². The van der Waals surface area contributed by atoms with Gasteiger partial charge in [0.25, 0.3) is 0 Å². The smallest absolute Gasteiger partial charge is 0.322 e. The number of nitrogens with zero attached hydrogens (tertiary/aromatic N) is 1. The van der Waals surface area contributed by atoms with Crippen LogP contribution in [-0.4, -0.2) is 50.9 Å². The molecule has 0 fully saturated rings. The molecule has 9 nitrogen and oxygen atoms in total. The summed E-state index contributed by atoms with van der Waals surface area (Å²) in [6, 6.07) is 17.5. The van der Waals surface area contributed by atoms with Gasteiger partial charge < -0.3 is 23.9 Å². The molecular weight excluding hydrogens is 532 g/mol. The first-order valence-electron chi connectivity index (χ1n) is 12.4. The van der Waals surface area contributed by atoms with Crippen LogP contribution < -0.4 is 18.9 Å². The number of carbonyl (C=O) groups is 1. The minimum atomic E-state index is -4.14. The van der Waals surface area contributed by atoms with Crippen molar-refractivity contribution < 1.29 is 32.5 Å². The highest BCUT2D eigenvalue weighted by Crippen LogP contribution is 2.29. The van der Waals surface area contributed by atoms with Crippen LogP contribution in [0.1, 0.15) is 18.1 Å². The first-order valence-corrected chi connectivity index (χ1v) is 13.9. The second kappa shape index (κ2) is 12.6. The predicted octanol–water partition coefficient (Wildman–Crippen LogP) is 4.08. The van der Waals surface area contributed by atoms with Crippen molar-refractivity contribution >= 4 is 26.9 Å². The van der Waals surface area contributed by atoms with Crippen LogP contribution in [0.15, 0.2) is 77.8 Å². The Labute approximate surface area is 233 Å². The molecule has 2 N–H and O–H groups in total. The monoisotopic (exact) mass is 562 g/mol. The number of sulfonamides is 1. The quantitative estimate of drug-likeness (QED) is 0.250. The fourth-order valence-corrected chi connectivity index (χ4v) is 5.49.